The van der Waals surface area contributed by atoms with Crippen molar-refractivity contribution in [3.05, 3.63) is 29.8 Å². The maximum Gasteiger partial charge on any atom is 0.387 e. The second kappa shape index (κ2) is 7.76. The molecule has 0 aliphatic carbocycles. The monoisotopic (exact) mass is 288 g/mol. The molecule has 1 rings (SSSR count). The molecular weight excluding hydrogens is 270 g/mol. The van der Waals surface area contributed by atoms with Gasteiger partial charge >= 0.3 is 6.61 Å². The number of likely N-dealkylation sites (N-methyl/N-ethyl adjacent to an activating group) is 1. The smallest absolute Gasteiger partial charge is 0.387 e. The number of nitrogens with two attached hydrogens (primary N) is 1. The molecule has 0 aliphatic rings. The van der Waals surface area contributed by atoms with Gasteiger partial charge in [0.1, 0.15) is 5.75 Å². The minimum Gasteiger partial charge on any atom is -0.435 e. The molecule has 0 fully saturated rings. The van der Waals surface area contributed by atoms with Crippen molar-refractivity contribution in [3.63, 3.8) is 0 Å². The summed E-state index contributed by atoms with van der Waals surface area (Å²) >= 11 is 0. The minimum atomic E-state index is -2.88. The van der Waals surface area contributed by atoms with Crippen molar-refractivity contribution < 1.29 is 23.0 Å². The molecular formula is C13H18F2N2O3. The van der Waals surface area contributed by atoms with Gasteiger partial charge in [0.25, 0.3) is 5.91 Å². The third kappa shape index (κ3) is 5.10. The quantitative estimate of drug-likeness (QED) is 0.822. The van der Waals surface area contributed by atoms with Crippen LogP contribution in [0.2, 0.25) is 0 Å². The number of rotatable bonds is 7. The number of hydrogen-bond donors (Lipinski definition) is 1. The van der Waals surface area contributed by atoms with Crippen molar-refractivity contribution in [2.24, 2.45) is 5.73 Å². The molecule has 0 saturated heterocycles. The standard InChI is InChI=1S/C13H18F2N2O3/c1-17(7-10(16)8-19-2)12(18)9-3-5-11(6-4-9)20-13(14)15/h3-6,10,13H,7-8,16H2,1-2H3. The van der Waals surface area contributed by atoms with E-state index < -0.39 is 6.61 Å². The van der Waals surface area contributed by atoms with E-state index in [1.807, 2.05) is 0 Å². The topological polar surface area (TPSA) is 64.8 Å². The number of nitrogens with zero attached hydrogens (tertiary/aromatic N) is 1. The second-order valence-corrected chi connectivity index (χ2v) is 4.30. The first-order valence-corrected chi connectivity index (χ1v) is 5.99. The largest absolute Gasteiger partial charge is 0.435 e. The van der Waals surface area contributed by atoms with Crippen LogP contribution < -0.4 is 10.5 Å². The highest BCUT2D eigenvalue weighted by atomic mass is 19.3. The Labute approximate surface area is 116 Å². The van der Waals surface area contributed by atoms with Crippen molar-refractivity contribution in [2.45, 2.75) is 12.7 Å². The van der Waals surface area contributed by atoms with Crippen molar-refractivity contribution in [3.8, 4) is 5.75 Å². The molecule has 20 heavy (non-hydrogen) atoms. The third-order valence-electron chi connectivity index (χ3n) is 2.56. The summed E-state index contributed by atoms with van der Waals surface area (Å²) in [6.45, 7) is -2.20. The zero-order chi connectivity index (χ0) is 15.1. The molecule has 5 nitrogen and oxygen atoms in total. The zero-order valence-corrected chi connectivity index (χ0v) is 11.4. The van der Waals surface area contributed by atoms with Gasteiger partial charge < -0.3 is 20.1 Å². The Bertz CT molecular complexity index is 426. The summed E-state index contributed by atoms with van der Waals surface area (Å²) in [6.07, 6.45) is 0. The summed E-state index contributed by atoms with van der Waals surface area (Å²) < 4.78 is 33.1. The highest BCUT2D eigenvalue weighted by Gasteiger charge is 2.15. The van der Waals surface area contributed by atoms with Gasteiger partial charge in [-0.15, -0.1) is 0 Å². The van der Waals surface area contributed by atoms with Crippen molar-refractivity contribution in [1.29, 1.82) is 0 Å². The predicted octanol–water partition coefficient (Wildman–Crippen LogP) is 1.33. The van der Waals surface area contributed by atoms with E-state index in [-0.39, 0.29) is 17.7 Å². The van der Waals surface area contributed by atoms with Crippen LogP contribution in [0.25, 0.3) is 0 Å². The average Bonchev–Trinajstić information content (AvgIpc) is 2.38. The Morgan fingerprint density at radius 1 is 1.35 bits per heavy atom. The second-order valence-electron chi connectivity index (χ2n) is 4.30. The zero-order valence-electron chi connectivity index (χ0n) is 11.4. The van der Waals surface area contributed by atoms with Gasteiger partial charge in [-0.25, -0.2) is 0 Å². The summed E-state index contributed by atoms with van der Waals surface area (Å²) in [4.78, 5) is 13.5. The number of carbonyl (C=O) groups is 1. The van der Waals surface area contributed by atoms with E-state index in [4.69, 9.17) is 10.5 Å². The number of ether oxygens (including phenoxy) is 2. The summed E-state index contributed by atoms with van der Waals surface area (Å²) in [5.74, 6) is -0.240. The molecule has 1 atom stereocenters. The number of halogens is 2. The van der Waals surface area contributed by atoms with Gasteiger partial charge in [0.2, 0.25) is 0 Å². The summed E-state index contributed by atoms with van der Waals surface area (Å²) in [7, 11) is 3.14. The van der Waals surface area contributed by atoms with E-state index >= 15 is 0 Å². The van der Waals surface area contributed by atoms with E-state index in [1.54, 1.807) is 7.05 Å². The molecule has 1 aromatic carbocycles. The molecule has 112 valence electrons. The van der Waals surface area contributed by atoms with Gasteiger partial charge in [-0.2, -0.15) is 8.78 Å². The summed E-state index contributed by atoms with van der Waals surface area (Å²) in [5.41, 5.74) is 6.13. The van der Waals surface area contributed by atoms with Crippen LogP contribution in [0, 0.1) is 0 Å². The van der Waals surface area contributed by atoms with Gasteiger partial charge in [0.15, 0.2) is 0 Å². The van der Waals surface area contributed by atoms with Gasteiger partial charge in [0.05, 0.1) is 6.61 Å². The first-order chi connectivity index (χ1) is 9.43. The lowest BCUT2D eigenvalue weighted by Crippen LogP contribution is -2.41. The first-order valence-electron chi connectivity index (χ1n) is 5.99. The van der Waals surface area contributed by atoms with E-state index in [0.29, 0.717) is 18.7 Å². The summed E-state index contributed by atoms with van der Waals surface area (Å²) in [5, 5.41) is 0. The van der Waals surface area contributed by atoms with Crippen LogP contribution in [0.4, 0.5) is 8.78 Å². The fourth-order valence-electron chi connectivity index (χ4n) is 1.70. The van der Waals surface area contributed by atoms with Crippen LogP contribution >= 0.6 is 0 Å². The number of alkyl halides is 2. The molecule has 0 heterocycles. The number of amides is 1. The van der Waals surface area contributed by atoms with E-state index in [2.05, 4.69) is 4.74 Å². The Balaban J connectivity index is 2.62. The molecule has 1 aromatic rings. The lowest BCUT2D eigenvalue weighted by atomic mass is 10.2. The molecule has 0 aliphatic heterocycles. The van der Waals surface area contributed by atoms with Crippen molar-refractivity contribution >= 4 is 5.91 Å². The maximum atomic E-state index is 12.1. The number of hydrogen-bond acceptors (Lipinski definition) is 4. The molecule has 7 heteroatoms. The minimum absolute atomic E-state index is 0.00953. The lowest BCUT2D eigenvalue weighted by Gasteiger charge is -2.21. The fourth-order valence-corrected chi connectivity index (χ4v) is 1.70. The van der Waals surface area contributed by atoms with Gasteiger partial charge in [-0.3, -0.25) is 4.79 Å². The van der Waals surface area contributed by atoms with Crippen LogP contribution in [0.5, 0.6) is 5.75 Å². The Hall–Kier alpha value is -1.73. The highest BCUT2D eigenvalue weighted by Crippen LogP contribution is 2.15. The maximum absolute atomic E-state index is 12.1. The van der Waals surface area contributed by atoms with Crippen LogP contribution in [0.3, 0.4) is 0 Å². The highest BCUT2D eigenvalue weighted by molar-refractivity contribution is 5.94. The molecule has 0 saturated carbocycles. The Morgan fingerprint density at radius 3 is 2.45 bits per heavy atom. The predicted molar refractivity (Wildman–Crippen MR) is 69.9 cm³/mol. The SMILES string of the molecule is COCC(N)CN(C)C(=O)c1ccc(OC(F)F)cc1. The van der Waals surface area contributed by atoms with Crippen LogP contribution in [-0.2, 0) is 4.74 Å². The molecule has 0 spiro atoms. The number of benzene rings is 1. The van der Waals surface area contributed by atoms with Gasteiger partial charge in [-0.1, -0.05) is 0 Å². The first kappa shape index (κ1) is 16.3. The molecule has 0 radical (unpaired) electrons. The average molecular weight is 288 g/mol. The van der Waals surface area contributed by atoms with Gasteiger partial charge in [-0.05, 0) is 24.3 Å². The summed E-state index contributed by atoms with van der Waals surface area (Å²) in [6, 6.07) is 5.22. The van der Waals surface area contributed by atoms with Gasteiger partial charge in [0, 0.05) is 32.3 Å². The number of methoxy groups -OCH3 is 1. The Morgan fingerprint density at radius 2 is 1.95 bits per heavy atom. The molecule has 1 amide bonds. The molecule has 0 bridgehead atoms. The molecule has 0 aromatic heterocycles. The normalized spacial score (nSPS) is 12.3. The van der Waals surface area contributed by atoms with E-state index in [1.165, 1.54) is 36.3 Å². The third-order valence-corrected chi connectivity index (χ3v) is 2.56. The van der Waals surface area contributed by atoms with E-state index in [9.17, 15) is 13.6 Å². The van der Waals surface area contributed by atoms with Crippen LogP contribution in [0.15, 0.2) is 24.3 Å². The molecule has 2 N–H and O–H groups in total. The van der Waals surface area contributed by atoms with E-state index in [0.717, 1.165) is 0 Å². The van der Waals surface area contributed by atoms with Crippen molar-refractivity contribution in [2.75, 3.05) is 27.3 Å². The Kier molecular flexibility index (Phi) is 6.33. The van der Waals surface area contributed by atoms with Crippen LogP contribution in [-0.4, -0.2) is 50.8 Å². The fraction of sp³-hybridized carbons (Fsp3) is 0.462. The van der Waals surface area contributed by atoms with Crippen molar-refractivity contribution in [1.82, 2.24) is 4.90 Å². The molecule has 1 unspecified atom stereocenters. The van der Waals surface area contributed by atoms with Crippen LogP contribution in [0.1, 0.15) is 10.4 Å². The lowest BCUT2D eigenvalue weighted by molar-refractivity contribution is -0.0498. The number of carbonyl (C=O) groups excluding carboxylic acids is 1.